The molecule has 25 heavy (non-hydrogen) atoms. The summed E-state index contributed by atoms with van der Waals surface area (Å²) in [5.74, 6) is -1.51. The fourth-order valence-corrected chi connectivity index (χ4v) is 3.78. The van der Waals surface area contributed by atoms with E-state index in [-0.39, 0.29) is 30.1 Å². The number of amides is 2. The molecule has 1 atom stereocenters. The van der Waals surface area contributed by atoms with E-state index < -0.39 is 5.97 Å². The second kappa shape index (κ2) is 7.25. The molecular formula is C19H24N2O4. The SMILES string of the molecule is CCc1ccccc1N1C[C@H](C(=O)N2CCC(C(=O)O)CC2)CC1=O. The zero-order valence-corrected chi connectivity index (χ0v) is 14.5. The number of anilines is 1. The Bertz CT molecular complexity index is 680. The number of hydrogen-bond donors (Lipinski definition) is 1. The van der Waals surface area contributed by atoms with Crippen LogP contribution in [0, 0.1) is 11.8 Å². The number of carbonyl (C=O) groups excluding carboxylic acids is 2. The minimum atomic E-state index is -0.787. The molecule has 1 N–H and O–H groups in total. The van der Waals surface area contributed by atoms with Gasteiger partial charge in [0.25, 0.3) is 0 Å². The monoisotopic (exact) mass is 344 g/mol. The maximum Gasteiger partial charge on any atom is 0.306 e. The van der Waals surface area contributed by atoms with Gasteiger partial charge in [-0.1, -0.05) is 25.1 Å². The number of aliphatic carboxylic acids is 1. The van der Waals surface area contributed by atoms with E-state index in [4.69, 9.17) is 5.11 Å². The molecule has 0 radical (unpaired) electrons. The lowest BCUT2D eigenvalue weighted by atomic mass is 9.95. The van der Waals surface area contributed by atoms with Gasteiger partial charge in [0.15, 0.2) is 0 Å². The van der Waals surface area contributed by atoms with Crippen LogP contribution in [0.5, 0.6) is 0 Å². The third kappa shape index (κ3) is 3.52. The van der Waals surface area contributed by atoms with Gasteiger partial charge < -0.3 is 14.9 Å². The molecule has 0 aromatic heterocycles. The van der Waals surface area contributed by atoms with E-state index in [2.05, 4.69) is 6.92 Å². The first-order valence-electron chi connectivity index (χ1n) is 8.91. The van der Waals surface area contributed by atoms with Crippen LogP contribution < -0.4 is 4.90 Å². The number of likely N-dealkylation sites (tertiary alicyclic amines) is 1. The molecule has 1 aromatic rings. The molecule has 2 saturated heterocycles. The van der Waals surface area contributed by atoms with Gasteiger partial charge in [0.2, 0.25) is 11.8 Å². The van der Waals surface area contributed by atoms with Gasteiger partial charge in [-0.15, -0.1) is 0 Å². The fraction of sp³-hybridized carbons (Fsp3) is 0.526. The average Bonchev–Trinajstić information content (AvgIpc) is 3.02. The topological polar surface area (TPSA) is 77.9 Å². The van der Waals surface area contributed by atoms with Gasteiger partial charge in [0.05, 0.1) is 11.8 Å². The van der Waals surface area contributed by atoms with Gasteiger partial charge in [-0.25, -0.2) is 0 Å². The number of carbonyl (C=O) groups is 3. The number of nitrogens with zero attached hydrogens (tertiary/aromatic N) is 2. The molecule has 2 aliphatic rings. The van der Waals surface area contributed by atoms with Crippen LogP contribution >= 0.6 is 0 Å². The molecule has 3 rings (SSSR count). The number of carboxylic acid groups (broad SMARTS) is 1. The van der Waals surface area contributed by atoms with Crippen molar-refractivity contribution in [3.63, 3.8) is 0 Å². The summed E-state index contributed by atoms with van der Waals surface area (Å²) < 4.78 is 0. The van der Waals surface area contributed by atoms with Gasteiger partial charge in [-0.2, -0.15) is 0 Å². The second-order valence-electron chi connectivity index (χ2n) is 6.83. The Labute approximate surface area is 147 Å². The molecule has 2 heterocycles. The number of rotatable bonds is 4. The van der Waals surface area contributed by atoms with Crippen LogP contribution in [0.25, 0.3) is 0 Å². The van der Waals surface area contributed by atoms with Crippen LogP contribution in [0.1, 0.15) is 31.7 Å². The van der Waals surface area contributed by atoms with Crippen LogP contribution in [0.15, 0.2) is 24.3 Å². The van der Waals surface area contributed by atoms with Crippen LogP contribution in [0.2, 0.25) is 0 Å². The summed E-state index contributed by atoms with van der Waals surface area (Å²) in [6, 6.07) is 7.81. The number of hydrogen-bond acceptors (Lipinski definition) is 3. The molecule has 0 spiro atoms. The Morgan fingerprint density at radius 1 is 1.16 bits per heavy atom. The molecule has 0 unspecified atom stereocenters. The largest absolute Gasteiger partial charge is 0.481 e. The van der Waals surface area contributed by atoms with Gasteiger partial charge >= 0.3 is 5.97 Å². The summed E-state index contributed by atoms with van der Waals surface area (Å²) >= 11 is 0. The zero-order chi connectivity index (χ0) is 18.0. The Balaban J connectivity index is 1.66. The summed E-state index contributed by atoms with van der Waals surface area (Å²) in [7, 11) is 0. The highest BCUT2D eigenvalue weighted by Crippen LogP contribution is 2.30. The van der Waals surface area contributed by atoms with Crippen molar-refractivity contribution in [2.45, 2.75) is 32.6 Å². The molecule has 1 aromatic carbocycles. The second-order valence-corrected chi connectivity index (χ2v) is 6.83. The Morgan fingerprint density at radius 2 is 1.84 bits per heavy atom. The summed E-state index contributed by atoms with van der Waals surface area (Å²) in [5, 5.41) is 9.06. The predicted molar refractivity (Wildman–Crippen MR) is 93.2 cm³/mol. The lowest BCUT2D eigenvalue weighted by molar-refractivity contribution is -0.146. The van der Waals surface area contributed by atoms with Crippen molar-refractivity contribution in [2.75, 3.05) is 24.5 Å². The third-order valence-electron chi connectivity index (χ3n) is 5.29. The van der Waals surface area contributed by atoms with E-state index in [1.165, 1.54) is 0 Å². The number of benzene rings is 1. The van der Waals surface area contributed by atoms with Gasteiger partial charge in [-0.05, 0) is 30.9 Å². The molecule has 2 fully saturated rings. The maximum absolute atomic E-state index is 12.8. The summed E-state index contributed by atoms with van der Waals surface area (Å²) in [5.41, 5.74) is 2.00. The van der Waals surface area contributed by atoms with Gasteiger partial charge in [0.1, 0.15) is 0 Å². The lowest BCUT2D eigenvalue weighted by Gasteiger charge is -2.31. The van der Waals surface area contributed by atoms with E-state index in [9.17, 15) is 14.4 Å². The molecule has 0 aliphatic carbocycles. The number of aryl methyl sites for hydroxylation is 1. The minimum absolute atomic E-state index is 0.0142. The van der Waals surface area contributed by atoms with Crippen molar-refractivity contribution in [3.8, 4) is 0 Å². The standard InChI is InChI=1S/C19H24N2O4/c1-2-13-5-3-4-6-16(13)21-12-15(11-17(21)22)18(23)20-9-7-14(8-10-20)19(24)25/h3-6,14-15H,2,7-12H2,1H3,(H,24,25)/t15-/m1/s1. The van der Waals surface area contributed by atoms with Crippen LogP contribution in [0.4, 0.5) is 5.69 Å². The van der Waals surface area contributed by atoms with Crippen molar-refractivity contribution in [3.05, 3.63) is 29.8 Å². The number of para-hydroxylation sites is 1. The molecule has 134 valence electrons. The number of piperidine rings is 1. The van der Waals surface area contributed by atoms with Crippen molar-refractivity contribution in [1.82, 2.24) is 4.90 Å². The Morgan fingerprint density at radius 3 is 2.48 bits per heavy atom. The van der Waals surface area contributed by atoms with Crippen molar-refractivity contribution in [1.29, 1.82) is 0 Å². The molecule has 6 heteroatoms. The predicted octanol–water partition coefficient (Wildman–Crippen LogP) is 1.93. The molecule has 0 saturated carbocycles. The first-order valence-corrected chi connectivity index (χ1v) is 8.91. The first kappa shape index (κ1) is 17.5. The number of carboxylic acids is 1. The summed E-state index contributed by atoms with van der Waals surface area (Å²) in [6.45, 7) is 3.39. The Hall–Kier alpha value is -2.37. The van der Waals surface area contributed by atoms with E-state index in [1.54, 1.807) is 9.80 Å². The highest BCUT2D eigenvalue weighted by atomic mass is 16.4. The summed E-state index contributed by atoms with van der Waals surface area (Å²) in [4.78, 5) is 39.7. The van der Waals surface area contributed by atoms with Crippen molar-refractivity contribution < 1.29 is 19.5 Å². The lowest BCUT2D eigenvalue weighted by Crippen LogP contribution is -2.43. The zero-order valence-electron chi connectivity index (χ0n) is 14.5. The fourth-order valence-electron chi connectivity index (χ4n) is 3.78. The summed E-state index contributed by atoms with van der Waals surface area (Å²) in [6.07, 6.45) is 2.05. The minimum Gasteiger partial charge on any atom is -0.481 e. The highest BCUT2D eigenvalue weighted by molar-refractivity contribution is 6.00. The van der Waals surface area contributed by atoms with Gasteiger partial charge in [0, 0.05) is 31.7 Å². The highest BCUT2D eigenvalue weighted by Gasteiger charge is 2.39. The van der Waals surface area contributed by atoms with E-state index >= 15 is 0 Å². The van der Waals surface area contributed by atoms with E-state index in [0.29, 0.717) is 32.5 Å². The van der Waals surface area contributed by atoms with E-state index in [1.807, 2.05) is 24.3 Å². The smallest absolute Gasteiger partial charge is 0.306 e. The van der Waals surface area contributed by atoms with E-state index in [0.717, 1.165) is 17.7 Å². The maximum atomic E-state index is 12.8. The van der Waals surface area contributed by atoms with Crippen LogP contribution in [0.3, 0.4) is 0 Å². The molecule has 2 amide bonds. The quantitative estimate of drug-likeness (QED) is 0.905. The molecule has 0 bridgehead atoms. The third-order valence-corrected chi connectivity index (χ3v) is 5.29. The van der Waals surface area contributed by atoms with Crippen molar-refractivity contribution >= 4 is 23.5 Å². The molecule has 6 nitrogen and oxygen atoms in total. The average molecular weight is 344 g/mol. The molecule has 2 aliphatic heterocycles. The normalized spacial score (nSPS) is 21.6. The van der Waals surface area contributed by atoms with Crippen LogP contribution in [-0.4, -0.2) is 47.4 Å². The van der Waals surface area contributed by atoms with Crippen molar-refractivity contribution in [2.24, 2.45) is 11.8 Å². The first-order chi connectivity index (χ1) is 12.0. The van der Waals surface area contributed by atoms with Gasteiger partial charge in [-0.3, -0.25) is 14.4 Å². The molecular weight excluding hydrogens is 320 g/mol. The Kier molecular flexibility index (Phi) is 5.06. The van der Waals surface area contributed by atoms with Crippen LogP contribution in [-0.2, 0) is 20.8 Å².